The molecule has 1 amide bonds. The summed E-state index contributed by atoms with van der Waals surface area (Å²) in [5.74, 6) is -2.43. The molecule has 0 fully saturated rings. The number of aliphatic carboxylic acids is 1. The first-order valence-corrected chi connectivity index (χ1v) is 10.1. The van der Waals surface area contributed by atoms with Gasteiger partial charge in [-0.15, -0.1) is 11.3 Å². The summed E-state index contributed by atoms with van der Waals surface area (Å²) < 4.78 is 25.6. The largest absolute Gasteiger partial charge is 0.481 e. The molecule has 2 rings (SSSR count). The SMILES string of the molecule is CN(C)S(=O)(=O)c1ccsc1C(=O)NCC(Cc1ccccc1)C(=O)O. The Morgan fingerprint density at radius 2 is 1.85 bits per heavy atom. The van der Waals surface area contributed by atoms with Gasteiger partial charge in [-0.2, -0.15) is 0 Å². The lowest BCUT2D eigenvalue weighted by molar-refractivity contribution is -0.141. The second kappa shape index (κ2) is 8.43. The highest BCUT2D eigenvalue weighted by molar-refractivity contribution is 7.89. The van der Waals surface area contributed by atoms with Crippen molar-refractivity contribution in [1.82, 2.24) is 9.62 Å². The molecule has 0 spiro atoms. The maximum atomic E-state index is 12.4. The molecule has 0 aliphatic heterocycles. The highest BCUT2D eigenvalue weighted by atomic mass is 32.2. The van der Waals surface area contributed by atoms with E-state index in [4.69, 9.17) is 0 Å². The molecule has 2 N–H and O–H groups in total. The number of carbonyl (C=O) groups is 2. The van der Waals surface area contributed by atoms with E-state index in [9.17, 15) is 23.1 Å². The summed E-state index contributed by atoms with van der Waals surface area (Å²) in [5, 5.41) is 13.4. The van der Waals surface area contributed by atoms with Crippen molar-refractivity contribution in [1.29, 1.82) is 0 Å². The van der Waals surface area contributed by atoms with Gasteiger partial charge in [-0.3, -0.25) is 9.59 Å². The topological polar surface area (TPSA) is 104 Å². The Balaban J connectivity index is 2.10. The standard InChI is InChI=1S/C17H20N2O5S2/c1-19(2)26(23,24)14-8-9-25-15(14)16(20)18-11-13(17(21)22)10-12-6-4-3-5-7-12/h3-9,13H,10-11H2,1-2H3,(H,18,20)(H,21,22). The van der Waals surface area contributed by atoms with Crippen molar-refractivity contribution in [3.8, 4) is 0 Å². The van der Waals surface area contributed by atoms with Gasteiger partial charge in [0.25, 0.3) is 5.91 Å². The molecule has 140 valence electrons. The number of carboxylic acids is 1. The zero-order chi connectivity index (χ0) is 19.3. The molecule has 2 aromatic rings. The van der Waals surface area contributed by atoms with Crippen LogP contribution in [-0.2, 0) is 21.2 Å². The number of nitrogens with zero attached hydrogens (tertiary/aromatic N) is 1. The van der Waals surface area contributed by atoms with E-state index in [1.165, 1.54) is 25.5 Å². The van der Waals surface area contributed by atoms with Gasteiger partial charge in [-0.25, -0.2) is 12.7 Å². The number of nitrogens with one attached hydrogen (secondary N) is 1. The highest BCUT2D eigenvalue weighted by Gasteiger charge is 2.27. The van der Waals surface area contributed by atoms with Gasteiger partial charge >= 0.3 is 5.97 Å². The first-order chi connectivity index (χ1) is 12.2. The second-order valence-corrected chi connectivity index (χ2v) is 8.87. The van der Waals surface area contributed by atoms with Crippen LogP contribution in [0.4, 0.5) is 0 Å². The Bertz CT molecular complexity index is 876. The van der Waals surface area contributed by atoms with Gasteiger partial charge in [0.1, 0.15) is 9.77 Å². The van der Waals surface area contributed by atoms with Crippen molar-refractivity contribution in [2.75, 3.05) is 20.6 Å². The molecule has 0 aliphatic rings. The monoisotopic (exact) mass is 396 g/mol. The van der Waals surface area contributed by atoms with Gasteiger partial charge in [-0.1, -0.05) is 30.3 Å². The van der Waals surface area contributed by atoms with Crippen LogP contribution in [0.2, 0.25) is 0 Å². The van der Waals surface area contributed by atoms with Crippen molar-refractivity contribution in [2.24, 2.45) is 5.92 Å². The van der Waals surface area contributed by atoms with E-state index >= 15 is 0 Å². The lowest BCUT2D eigenvalue weighted by Gasteiger charge is -2.15. The van der Waals surface area contributed by atoms with Crippen LogP contribution in [0, 0.1) is 5.92 Å². The van der Waals surface area contributed by atoms with Crippen molar-refractivity contribution in [2.45, 2.75) is 11.3 Å². The first kappa shape index (κ1) is 20.1. The van der Waals surface area contributed by atoms with Crippen molar-refractivity contribution in [3.63, 3.8) is 0 Å². The lowest BCUT2D eigenvalue weighted by Crippen LogP contribution is -2.34. The van der Waals surface area contributed by atoms with Gasteiger partial charge < -0.3 is 10.4 Å². The van der Waals surface area contributed by atoms with Crippen LogP contribution in [0.3, 0.4) is 0 Å². The maximum Gasteiger partial charge on any atom is 0.308 e. The predicted octanol–water partition coefficient (Wildman–Crippen LogP) is 1.67. The van der Waals surface area contributed by atoms with Gasteiger partial charge in [-0.05, 0) is 23.4 Å². The summed E-state index contributed by atoms with van der Waals surface area (Å²) in [6, 6.07) is 10.5. The van der Waals surface area contributed by atoms with Gasteiger partial charge in [0, 0.05) is 20.6 Å². The summed E-state index contributed by atoms with van der Waals surface area (Å²) in [6.45, 7) is -0.0948. The van der Waals surface area contributed by atoms with Crippen molar-refractivity contribution >= 4 is 33.2 Å². The van der Waals surface area contributed by atoms with Crippen LogP contribution in [0.25, 0.3) is 0 Å². The average molecular weight is 396 g/mol. The van der Waals surface area contributed by atoms with E-state index in [1.54, 1.807) is 0 Å². The number of amides is 1. The fourth-order valence-electron chi connectivity index (χ4n) is 2.30. The summed E-state index contributed by atoms with van der Waals surface area (Å²) in [7, 11) is -0.978. The van der Waals surface area contributed by atoms with Crippen LogP contribution in [-0.4, -0.2) is 50.3 Å². The zero-order valence-electron chi connectivity index (χ0n) is 14.4. The molecule has 0 saturated heterocycles. The number of hydrogen-bond acceptors (Lipinski definition) is 5. The average Bonchev–Trinajstić information content (AvgIpc) is 3.09. The van der Waals surface area contributed by atoms with E-state index in [-0.39, 0.29) is 22.7 Å². The number of hydrogen-bond donors (Lipinski definition) is 2. The molecule has 9 heteroatoms. The Kier molecular flexibility index (Phi) is 6.52. The van der Waals surface area contributed by atoms with Crippen LogP contribution in [0.1, 0.15) is 15.2 Å². The number of carboxylic acid groups (broad SMARTS) is 1. The fraction of sp³-hybridized carbons (Fsp3) is 0.294. The van der Waals surface area contributed by atoms with Gasteiger partial charge in [0.15, 0.2) is 0 Å². The summed E-state index contributed by atoms with van der Waals surface area (Å²) in [4.78, 5) is 23.8. The van der Waals surface area contributed by atoms with Gasteiger partial charge in [0.05, 0.1) is 5.92 Å². The zero-order valence-corrected chi connectivity index (χ0v) is 16.0. The van der Waals surface area contributed by atoms with Crippen LogP contribution in [0.5, 0.6) is 0 Å². The molecule has 26 heavy (non-hydrogen) atoms. The minimum Gasteiger partial charge on any atom is -0.481 e. The van der Waals surface area contributed by atoms with Crippen molar-refractivity contribution < 1.29 is 23.1 Å². The summed E-state index contributed by atoms with van der Waals surface area (Å²) in [5.41, 5.74) is 0.848. The van der Waals surface area contributed by atoms with E-state index in [1.807, 2.05) is 30.3 Å². The number of rotatable bonds is 8. The third kappa shape index (κ3) is 4.69. The van der Waals surface area contributed by atoms with Crippen LogP contribution < -0.4 is 5.32 Å². The Hall–Kier alpha value is -2.23. The molecule has 1 atom stereocenters. The second-order valence-electron chi connectivity index (χ2n) is 5.84. The smallest absolute Gasteiger partial charge is 0.308 e. The van der Waals surface area contributed by atoms with Crippen molar-refractivity contribution in [3.05, 3.63) is 52.2 Å². The number of carbonyl (C=O) groups excluding carboxylic acids is 1. The molecule has 0 radical (unpaired) electrons. The quantitative estimate of drug-likeness (QED) is 0.706. The van der Waals surface area contributed by atoms with Gasteiger partial charge in [0.2, 0.25) is 10.0 Å². The number of benzene rings is 1. The molecule has 1 heterocycles. The predicted molar refractivity (Wildman–Crippen MR) is 98.8 cm³/mol. The van der Waals surface area contributed by atoms with E-state index in [2.05, 4.69) is 5.32 Å². The molecular weight excluding hydrogens is 376 g/mol. The Morgan fingerprint density at radius 3 is 2.42 bits per heavy atom. The molecule has 1 unspecified atom stereocenters. The normalized spacial score (nSPS) is 12.7. The third-order valence-electron chi connectivity index (χ3n) is 3.78. The van der Waals surface area contributed by atoms with E-state index < -0.39 is 27.8 Å². The highest BCUT2D eigenvalue weighted by Crippen LogP contribution is 2.24. The molecule has 0 bridgehead atoms. The molecule has 1 aromatic carbocycles. The fourth-order valence-corrected chi connectivity index (χ4v) is 4.51. The van der Waals surface area contributed by atoms with E-state index in [0.29, 0.717) is 0 Å². The first-order valence-electron chi connectivity index (χ1n) is 7.78. The lowest BCUT2D eigenvalue weighted by atomic mass is 9.99. The van der Waals surface area contributed by atoms with Crippen LogP contribution >= 0.6 is 11.3 Å². The summed E-state index contributed by atoms with van der Waals surface area (Å²) >= 11 is 1.00. The minimum absolute atomic E-state index is 0.0440. The Labute approximate surface area is 156 Å². The Morgan fingerprint density at radius 1 is 1.19 bits per heavy atom. The summed E-state index contributed by atoms with van der Waals surface area (Å²) in [6.07, 6.45) is 0.268. The number of thiophene rings is 1. The molecule has 1 aromatic heterocycles. The third-order valence-corrected chi connectivity index (χ3v) is 6.68. The van der Waals surface area contributed by atoms with E-state index in [0.717, 1.165) is 21.2 Å². The molecule has 0 aliphatic carbocycles. The number of sulfonamides is 1. The molecule has 7 nitrogen and oxygen atoms in total. The van der Waals surface area contributed by atoms with Crippen LogP contribution in [0.15, 0.2) is 46.7 Å². The minimum atomic E-state index is -3.75. The molecule has 0 saturated carbocycles. The maximum absolute atomic E-state index is 12.4. The molecular formula is C17H20N2O5S2.